The standard InChI is InChI=1S/C12H16N2O5S/c1-7(6-20(2)19)13-12(18)14-9-5-3-4-8(10(9)15)11(16)17/h3-5,7,15H,6H2,1-2H3,(H,16,17)(H2,13,14,18). The van der Waals surface area contributed by atoms with E-state index >= 15 is 0 Å². The normalized spacial score (nSPS) is 13.3. The predicted molar refractivity (Wildman–Crippen MR) is 75.6 cm³/mol. The molecule has 0 bridgehead atoms. The van der Waals surface area contributed by atoms with E-state index in [9.17, 15) is 18.9 Å². The highest BCUT2D eigenvalue weighted by atomic mass is 32.2. The van der Waals surface area contributed by atoms with Crippen molar-refractivity contribution in [3.63, 3.8) is 0 Å². The lowest BCUT2D eigenvalue weighted by Crippen LogP contribution is -2.39. The number of nitrogens with one attached hydrogen (secondary N) is 2. The summed E-state index contributed by atoms with van der Waals surface area (Å²) in [7, 11) is -1.04. The summed E-state index contributed by atoms with van der Waals surface area (Å²) in [6, 6.07) is 3.09. The molecule has 20 heavy (non-hydrogen) atoms. The molecule has 0 fully saturated rings. The Morgan fingerprint density at radius 3 is 2.60 bits per heavy atom. The highest BCUT2D eigenvalue weighted by molar-refractivity contribution is 7.84. The molecule has 2 amide bonds. The third-order valence-corrected chi connectivity index (χ3v) is 3.35. The van der Waals surface area contributed by atoms with E-state index in [1.165, 1.54) is 24.5 Å². The van der Waals surface area contributed by atoms with Crippen molar-refractivity contribution in [2.45, 2.75) is 13.0 Å². The topological polar surface area (TPSA) is 116 Å². The van der Waals surface area contributed by atoms with Gasteiger partial charge in [-0.1, -0.05) is 6.07 Å². The van der Waals surface area contributed by atoms with Crippen molar-refractivity contribution in [2.24, 2.45) is 0 Å². The lowest BCUT2D eigenvalue weighted by Gasteiger charge is -2.14. The number of para-hydroxylation sites is 1. The summed E-state index contributed by atoms with van der Waals surface area (Å²) in [6.07, 6.45) is 1.53. The van der Waals surface area contributed by atoms with Gasteiger partial charge in [-0.05, 0) is 19.1 Å². The highest BCUT2D eigenvalue weighted by Gasteiger charge is 2.15. The van der Waals surface area contributed by atoms with E-state index in [4.69, 9.17) is 5.11 Å². The SMILES string of the molecule is CC(CS(C)=O)NC(=O)Nc1cccc(C(=O)O)c1O. The summed E-state index contributed by atoms with van der Waals surface area (Å²) in [5.74, 6) is -1.50. The largest absolute Gasteiger partial charge is 0.505 e. The van der Waals surface area contributed by atoms with Gasteiger partial charge in [0.25, 0.3) is 0 Å². The van der Waals surface area contributed by atoms with Crippen molar-refractivity contribution >= 4 is 28.5 Å². The van der Waals surface area contributed by atoms with Crippen molar-refractivity contribution < 1.29 is 24.0 Å². The van der Waals surface area contributed by atoms with Crippen molar-refractivity contribution in [3.05, 3.63) is 23.8 Å². The minimum atomic E-state index is -1.29. The molecule has 2 unspecified atom stereocenters. The fourth-order valence-corrected chi connectivity index (χ4v) is 2.38. The van der Waals surface area contributed by atoms with Gasteiger partial charge >= 0.3 is 12.0 Å². The zero-order valence-electron chi connectivity index (χ0n) is 11.0. The molecule has 0 saturated heterocycles. The van der Waals surface area contributed by atoms with E-state index in [-0.39, 0.29) is 17.3 Å². The second kappa shape index (κ2) is 6.90. The van der Waals surface area contributed by atoms with E-state index < -0.39 is 28.5 Å². The number of carbonyl (C=O) groups excluding carboxylic acids is 1. The third kappa shape index (κ3) is 4.54. The maximum absolute atomic E-state index is 11.7. The van der Waals surface area contributed by atoms with Gasteiger partial charge in [0.05, 0.1) is 5.69 Å². The van der Waals surface area contributed by atoms with Crippen LogP contribution in [0.1, 0.15) is 17.3 Å². The van der Waals surface area contributed by atoms with Gasteiger partial charge in [-0.15, -0.1) is 0 Å². The van der Waals surface area contributed by atoms with Crippen molar-refractivity contribution in [2.75, 3.05) is 17.3 Å². The first kappa shape index (κ1) is 16.0. The number of aromatic carboxylic acids is 1. The maximum Gasteiger partial charge on any atom is 0.339 e. The molecule has 4 N–H and O–H groups in total. The van der Waals surface area contributed by atoms with Gasteiger partial charge < -0.3 is 20.8 Å². The minimum absolute atomic E-state index is 0.00720. The van der Waals surface area contributed by atoms with Crippen LogP contribution in [0.25, 0.3) is 0 Å². The number of rotatable bonds is 5. The van der Waals surface area contributed by atoms with Gasteiger partial charge in [-0.2, -0.15) is 0 Å². The smallest absolute Gasteiger partial charge is 0.339 e. The Morgan fingerprint density at radius 2 is 2.05 bits per heavy atom. The van der Waals surface area contributed by atoms with Gasteiger partial charge in [0, 0.05) is 28.9 Å². The molecule has 1 rings (SSSR count). The number of carboxylic acids is 1. The second-order valence-electron chi connectivity index (χ2n) is 4.25. The van der Waals surface area contributed by atoms with Crippen LogP contribution in [0, 0.1) is 0 Å². The highest BCUT2D eigenvalue weighted by Crippen LogP contribution is 2.27. The Kier molecular flexibility index (Phi) is 5.51. The number of anilines is 1. The molecular weight excluding hydrogens is 284 g/mol. The monoisotopic (exact) mass is 300 g/mol. The number of phenols is 1. The number of carbonyl (C=O) groups is 2. The Morgan fingerprint density at radius 1 is 1.40 bits per heavy atom. The van der Waals surface area contributed by atoms with Crippen LogP contribution in [0.4, 0.5) is 10.5 Å². The average Bonchev–Trinajstić information content (AvgIpc) is 2.29. The molecule has 8 heteroatoms. The van der Waals surface area contributed by atoms with Crippen molar-refractivity contribution in [3.8, 4) is 5.75 Å². The molecule has 1 aromatic rings. The van der Waals surface area contributed by atoms with E-state index in [1.807, 2.05) is 0 Å². The van der Waals surface area contributed by atoms with Crippen LogP contribution in [0.5, 0.6) is 5.75 Å². The summed E-state index contributed by atoms with van der Waals surface area (Å²) in [4.78, 5) is 22.5. The Hall–Kier alpha value is -2.09. The summed E-state index contributed by atoms with van der Waals surface area (Å²) in [5.41, 5.74) is -0.308. The first-order valence-corrected chi connectivity index (χ1v) is 7.46. The maximum atomic E-state index is 11.7. The van der Waals surface area contributed by atoms with Crippen LogP contribution in [0.15, 0.2) is 18.2 Å². The van der Waals surface area contributed by atoms with Gasteiger partial charge in [0.1, 0.15) is 5.56 Å². The molecule has 0 aliphatic heterocycles. The number of carboxylic acid groups (broad SMARTS) is 1. The van der Waals surface area contributed by atoms with Gasteiger partial charge in [-0.25, -0.2) is 9.59 Å². The summed E-state index contributed by atoms with van der Waals surface area (Å²) >= 11 is 0. The lowest BCUT2D eigenvalue weighted by molar-refractivity contribution is 0.0693. The summed E-state index contributed by atoms with van der Waals surface area (Å²) in [5, 5.41) is 23.4. The summed E-state index contributed by atoms with van der Waals surface area (Å²) in [6.45, 7) is 1.69. The number of aromatic hydroxyl groups is 1. The molecule has 110 valence electrons. The molecular formula is C12H16N2O5S. The van der Waals surface area contributed by atoms with Crippen LogP contribution in [-0.4, -0.2) is 44.5 Å². The number of hydrogen-bond donors (Lipinski definition) is 4. The third-order valence-electron chi connectivity index (χ3n) is 2.38. The fraction of sp³-hybridized carbons (Fsp3) is 0.333. The average molecular weight is 300 g/mol. The molecule has 0 heterocycles. The molecule has 0 aromatic heterocycles. The van der Waals surface area contributed by atoms with E-state index in [2.05, 4.69) is 10.6 Å². The Labute approximate surface area is 118 Å². The number of amides is 2. The van der Waals surface area contributed by atoms with Gasteiger partial charge in [0.2, 0.25) is 0 Å². The predicted octanol–water partition coefficient (Wildman–Crippen LogP) is 0.979. The minimum Gasteiger partial charge on any atom is -0.505 e. The van der Waals surface area contributed by atoms with Crippen LogP contribution in [-0.2, 0) is 10.8 Å². The second-order valence-corrected chi connectivity index (χ2v) is 5.73. The lowest BCUT2D eigenvalue weighted by atomic mass is 10.1. The number of benzene rings is 1. The Balaban J connectivity index is 2.74. The number of urea groups is 1. The van der Waals surface area contributed by atoms with Crippen molar-refractivity contribution in [1.29, 1.82) is 0 Å². The van der Waals surface area contributed by atoms with Crippen LogP contribution in [0.3, 0.4) is 0 Å². The van der Waals surface area contributed by atoms with Gasteiger partial charge in [0.15, 0.2) is 5.75 Å². The molecule has 1 aromatic carbocycles. The van der Waals surface area contributed by atoms with E-state index in [0.717, 1.165) is 0 Å². The van der Waals surface area contributed by atoms with E-state index in [1.54, 1.807) is 6.92 Å². The quantitative estimate of drug-likeness (QED) is 0.605. The molecule has 0 radical (unpaired) electrons. The fourth-order valence-electron chi connectivity index (χ4n) is 1.59. The van der Waals surface area contributed by atoms with Crippen molar-refractivity contribution in [1.82, 2.24) is 5.32 Å². The van der Waals surface area contributed by atoms with Crippen LogP contribution in [0.2, 0.25) is 0 Å². The van der Waals surface area contributed by atoms with Gasteiger partial charge in [-0.3, -0.25) is 4.21 Å². The zero-order valence-corrected chi connectivity index (χ0v) is 11.9. The molecule has 2 atom stereocenters. The molecule has 0 spiro atoms. The van der Waals surface area contributed by atoms with Crippen LogP contribution >= 0.6 is 0 Å². The molecule has 0 aliphatic rings. The molecule has 0 aliphatic carbocycles. The van der Waals surface area contributed by atoms with Crippen LogP contribution < -0.4 is 10.6 Å². The zero-order chi connectivity index (χ0) is 15.3. The Bertz CT molecular complexity index is 547. The first-order chi connectivity index (χ1) is 9.31. The molecule has 0 saturated carbocycles. The number of hydrogen-bond acceptors (Lipinski definition) is 4. The first-order valence-electron chi connectivity index (χ1n) is 5.74. The summed E-state index contributed by atoms with van der Waals surface area (Å²) < 4.78 is 11.0. The van der Waals surface area contributed by atoms with E-state index in [0.29, 0.717) is 5.75 Å². The molecule has 7 nitrogen and oxygen atoms in total.